The summed E-state index contributed by atoms with van der Waals surface area (Å²) in [6.45, 7) is 0.659. The summed E-state index contributed by atoms with van der Waals surface area (Å²) in [6, 6.07) is 21.0. The van der Waals surface area contributed by atoms with Crippen LogP contribution in [0, 0.1) is 5.82 Å². The van der Waals surface area contributed by atoms with E-state index in [-0.39, 0.29) is 43.9 Å². The summed E-state index contributed by atoms with van der Waals surface area (Å²) >= 11 is 0. The maximum atomic E-state index is 15.8. The van der Waals surface area contributed by atoms with Crippen molar-refractivity contribution >= 4 is 5.97 Å². The summed E-state index contributed by atoms with van der Waals surface area (Å²) in [7, 11) is 3.06. The van der Waals surface area contributed by atoms with E-state index < -0.39 is 24.0 Å². The zero-order valence-corrected chi connectivity index (χ0v) is 22.5. The molecule has 0 saturated carbocycles. The molecule has 0 aliphatic carbocycles. The fourth-order valence-corrected chi connectivity index (χ4v) is 3.63. The van der Waals surface area contributed by atoms with E-state index in [1.165, 1.54) is 26.4 Å². The van der Waals surface area contributed by atoms with Gasteiger partial charge in [0.05, 0.1) is 26.4 Å². The van der Waals surface area contributed by atoms with Gasteiger partial charge in [0, 0.05) is 19.8 Å². The maximum absolute atomic E-state index is 15.8. The van der Waals surface area contributed by atoms with Crippen LogP contribution in [0.5, 0.6) is 11.5 Å². The van der Waals surface area contributed by atoms with Gasteiger partial charge in [0.25, 0.3) is 0 Å². The Hall–Kier alpha value is -3.58. The second-order valence-electron chi connectivity index (χ2n) is 8.28. The predicted octanol–water partition coefficient (Wildman–Crippen LogP) is 4.09. The molecule has 40 heavy (non-hydrogen) atoms. The van der Waals surface area contributed by atoms with Crippen LogP contribution in [0.25, 0.3) is 0 Å². The number of nitrogens with two attached hydrogens (primary N) is 1. The van der Waals surface area contributed by atoms with Crippen LogP contribution in [-0.2, 0) is 33.3 Å². The number of halogens is 1. The minimum absolute atomic E-state index is 0.0181. The van der Waals surface area contributed by atoms with Gasteiger partial charge in [0.2, 0.25) is 11.9 Å². The molecule has 0 aromatic heterocycles. The first kappa shape index (κ1) is 31.0. The van der Waals surface area contributed by atoms with Crippen LogP contribution in [0.3, 0.4) is 0 Å². The largest absolute Gasteiger partial charge is 0.464 e. The number of carbonyl (C=O) groups is 1. The van der Waals surface area contributed by atoms with Gasteiger partial charge < -0.3 is 33.2 Å². The van der Waals surface area contributed by atoms with Crippen molar-refractivity contribution in [2.24, 2.45) is 5.90 Å². The van der Waals surface area contributed by atoms with Gasteiger partial charge in [0.15, 0.2) is 31.3 Å². The van der Waals surface area contributed by atoms with Crippen LogP contribution in [-0.4, -0.2) is 60.2 Å². The highest BCUT2D eigenvalue weighted by Gasteiger charge is 2.32. The number of ether oxygens (including phenoxy) is 7. The third kappa shape index (κ3) is 8.98. The number of rotatable bonds is 18. The lowest BCUT2D eigenvalue weighted by Gasteiger charge is -2.23. The van der Waals surface area contributed by atoms with Crippen molar-refractivity contribution in [3.63, 3.8) is 0 Å². The normalized spacial score (nSPS) is 11.8. The van der Waals surface area contributed by atoms with E-state index in [1.54, 1.807) is 0 Å². The molecule has 216 valence electrons. The van der Waals surface area contributed by atoms with Crippen molar-refractivity contribution < 1.29 is 47.2 Å². The molecule has 0 saturated heterocycles. The van der Waals surface area contributed by atoms with E-state index in [0.717, 1.165) is 0 Å². The minimum atomic E-state index is -1.61. The maximum Gasteiger partial charge on any atom is 0.343 e. The van der Waals surface area contributed by atoms with Crippen LogP contribution in [0.1, 0.15) is 28.9 Å². The monoisotopic (exact) mass is 559 g/mol. The van der Waals surface area contributed by atoms with Crippen molar-refractivity contribution in [3.8, 4) is 11.5 Å². The summed E-state index contributed by atoms with van der Waals surface area (Å²) in [4.78, 5) is 18.3. The zero-order valence-electron chi connectivity index (χ0n) is 22.5. The Bertz CT molecular complexity index is 1110. The molecule has 1 unspecified atom stereocenters. The Balaban J connectivity index is 1.85. The smallest absolute Gasteiger partial charge is 0.343 e. The number of benzene rings is 3. The Morgan fingerprint density at radius 3 is 1.85 bits per heavy atom. The van der Waals surface area contributed by atoms with Crippen molar-refractivity contribution in [1.29, 1.82) is 0 Å². The van der Waals surface area contributed by atoms with Gasteiger partial charge in [0.1, 0.15) is 0 Å². The third-order valence-electron chi connectivity index (χ3n) is 5.61. The molecule has 0 heterocycles. The molecule has 3 aromatic rings. The van der Waals surface area contributed by atoms with Crippen LogP contribution >= 0.6 is 0 Å². The molecule has 3 rings (SSSR count). The van der Waals surface area contributed by atoms with E-state index in [4.69, 9.17) is 43.9 Å². The number of hydrogen-bond donors (Lipinski definition) is 1. The molecule has 11 heteroatoms. The molecule has 0 bridgehead atoms. The molecule has 0 fully saturated rings. The Labute approximate surface area is 232 Å². The predicted molar refractivity (Wildman–Crippen MR) is 142 cm³/mol. The van der Waals surface area contributed by atoms with Crippen molar-refractivity contribution in [3.05, 3.63) is 95.3 Å². The van der Waals surface area contributed by atoms with Gasteiger partial charge in [-0.05, 0) is 23.3 Å². The SMILES string of the molecule is COCCOCOc1ccc(C(ON)C(=O)OC(c2ccccc2)c2ccccc2)c(F)c1OCOCCOC. The lowest BCUT2D eigenvalue weighted by atomic mass is 10.0. The van der Waals surface area contributed by atoms with Crippen molar-refractivity contribution in [2.75, 3.05) is 54.2 Å². The Morgan fingerprint density at radius 2 is 1.32 bits per heavy atom. The van der Waals surface area contributed by atoms with Crippen LogP contribution in [0.2, 0.25) is 0 Å². The summed E-state index contributed by atoms with van der Waals surface area (Å²) in [5.74, 6) is 3.35. The lowest BCUT2D eigenvalue weighted by Crippen LogP contribution is -2.25. The first-order chi connectivity index (χ1) is 19.6. The second-order valence-corrected chi connectivity index (χ2v) is 8.28. The molecule has 1 atom stereocenters. The number of hydrogen-bond acceptors (Lipinski definition) is 10. The van der Waals surface area contributed by atoms with Crippen molar-refractivity contribution in [2.45, 2.75) is 12.2 Å². The quantitative estimate of drug-likeness (QED) is 0.106. The van der Waals surface area contributed by atoms with Gasteiger partial charge in [-0.25, -0.2) is 15.1 Å². The number of esters is 1. The van der Waals surface area contributed by atoms with E-state index in [2.05, 4.69) is 0 Å². The van der Waals surface area contributed by atoms with Crippen molar-refractivity contribution in [1.82, 2.24) is 0 Å². The highest BCUT2D eigenvalue weighted by molar-refractivity contribution is 5.77. The summed E-state index contributed by atoms with van der Waals surface area (Å²) in [6.07, 6.45) is -2.40. The van der Waals surface area contributed by atoms with Gasteiger partial charge in [-0.15, -0.1) is 0 Å². The summed E-state index contributed by atoms with van der Waals surface area (Å²) in [5.41, 5.74) is 1.22. The zero-order chi connectivity index (χ0) is 28.6. The van der Waals surface area contributed by atoms with E-state index in [9.17, 15) is 4.79 Å². The van der Waals surface area contributed by atoms with E-state index in [1.807, 2.05) is 60.7 Å². The fraction of sp³-hybridized carbons (Fsp3) is 0.345. The molecular formula is C29H34FNO9. The van der Waals surface area contributed by atoms with Crippen LogP contribution < -0.4 is 15.4 Å². The Kier molecular flexibility index (Phi) is 13.3. The third-order valence-corrected chi connectivity index (χ3v) is 5.61. The lowest BCUT2D eigenvalue weighted by molar-refractivity contribution is -0.162. The fourth-order valence-electron chi connectivity index (χ4n) is 3.63. The molecule has 2 N–H and O–H groups in total. The molecule has 0 amide bonds. The molecule has 3 aromatic carbocycles. The second kappa shape index (κ2) is 17.2. The first-order valence-electron chi connectivity index (χ1n) is 12.5. The molecule has 0 spiro atoms. The number of carbonyl (C=O) groups excluding carboxylic acids is 1. The van der Waals surface area contributed by atoms with E-state index >= 15 is 4.39 Å². The summed E-state index contributed by atoms with van der Waals surface area (Å²) in [5, 5.41) is 0. The molecule has 10 nitrogen and oxygen atoms in total. The molecular weight excluding hydrogens is 525 g/mol. The summed E-state index contributed by atoms with van der Waals surface area (Å²) < 4.78 is 53.2. The van der Waals surface area contributed by atoms with Gasteiger partial charge in [-0.2, -0.15) is 0 Å². The number of methoxy groups -OCH3 is 2. The average Bonchev–Trinajstić information content (AvgIpc) is 2.99. The van der Waals surface area contributed by atoms with Gasteiger partial charge >= 0.3 is 5.97 Å². The van der Waals surface area contributed by atoms with Crippen LogP contribution in [0.4, 0.5) is 4.39 Å². The molecule has 0 radical (unpaired) electrons. The standard InChI is InChI=1S/C29H34FNO9/c1-33-15-17-35-19-37-24-14-13-23(25(30)28(24)38-20-36-18-16-34-2)27(40-31)29(32)39-26(21-9-5-3-6-10-21)22-11-7-4-8-12-22/h3-14,26-27H,15-20,31H2,1-2H3. The molecule has 0 aliphatic heterocycles. The van der Waals surface area contributed by atoms with Gasteiger partial charge in [-0.1, -0.05) is 60.7 Å². The average molecular weight is 560 g/mol. The highest BCUT2D eigenvalue weighted by atomic mass is 19.1. The topological polar surface area (TPSA) is 117 Å². The minimum Gasteiger partial charge on any atom is -0.464 e. The van der Waals surface area contributed by atoms with E-state index in [0.29, 0.717) is 24.3 Å². The molecule has 0 aliphatic rings. The first-order valence-corrected chi connectivity index (χ1v) is 12.5. The Morgan fingerprint density at radius 1 is 0.775 bits per heavy atom. The van der Waals surface area contributed by atoms with Crippen LogP contribution in [0.15, 0.2) is 72.8 Å². The van der Waals surface area contributed by atoms with Gasteiger partial charge in [-0.3, -0.25) is 4.84 Å². The highest BCUT2D eigenvalue weighted by Crippen LogP contribution is 2.37.